The van der Waals surface area contributed by atoms with Crippen molar-refractivity contribution >= 4 is 33.2 Å². The molecule has 0 radical (unpaired) electrons. The van der Waals surface area contributed by atoms with Gasteiger partial charge in [-0.15, -0.1) is 0 Å². The molecule has 0 bridgehead atoms. The molecule has 0 saturated heterocycles. The Hall–Kier alpha value is -2.40. The van der Waals surface area contributed by atoms with Crippen LogP contribution in [0.2, 0.25) is 0 Å². The van der Waals surface area contributed by atoms with E-state index in [0.29, 0.717) is 17.1 Å². The number of benzene rings is 2. The van der Waals surface area contributed by atoms with Crippen LogP contribution in [0, 0.1) is 0 Å². The molecule has 3 rings (SSSR count). The molecule has 3 aromatic rings. The van der Waals surface area contributed by atoms with E-state index in [1.165, 1.54) is 0 Å². The Morgan fingerprint density at radius 2 is 2.00 bits per heavy atom. The molecule has 0 atom stereocenters. The number of aliphatic hydroxyl groups is 1. The van der Waals surface area contributed by atoms with Gasteiger partial charge in [0, 0.05) is 22.4 Å². The van der Waals surface area contributed by atoms with Crippen molar-refractivity contribution in [3.63, 3.8) is 0 Å². The summed E-state index contributed by atoms with van der Waals surface area (Å²) in [5, 5.41) is 10.7. The number of hydrogen-bond donors (Lipinski definition) is 4. The average Bonchev–Trinajstić information content (AvgIpc) is 2.81. The molecule has 0 fully saturated rings. The minimum Gasteiger partial charge on any atom is -0.489 e. The molecule has 0 aliphatic carbocycles. The van der Waals surface area contributed by atoms with Crippen molar-refractivity contribution in [1.29, 1.82) is 0 Å². The Bertz CT molecular complexity index is 749. The number of aromatic nitrogens is 1. The van der Waals surface area contributed by atoms with Gasteiger partial charge in [-0.05, 0) is 6.07 Å². The fourth-order valence-electron chi connectivity index (χ4n) is 2.33. The molecule has 0 amide bonds. The molecule has 0 aliphatic heterocycles. The number of anilines is 2. The Balaban J connectivity index is 2.33. The summed E-state index contributed by atoms with van der Waals surface area (Å²) >= 11 is 0. The molecule has 1 aromatic heterocycles. The second kappa shape index (κ2) is 4.37. The first kappa shape index (κ1) is 11.7. The molecule has 0 aliphatic rings. The van der Waals surface area contributed by atoms with Crippen LogP contribution in [-0.2, 0) is 0 Å². The summed E-state index contributed by atoms with van der Waals surface area (Å²) in [5.74, 6) is 0.504. The fraction of sp³-hybridized carbons (Fsp3) is 0.143. The zero-order chi connectivity index (χ0) is 13.4. The first-order valence-corrected chi connectivity index (χ1v) is 6.04. The molecule has 0 saturated carbocycles. The van der Waals surface area contributed by atoms with Crippen LogP contribution in [0.3, 0.4) is 0 Å². The van der Waals surface area contributed by atoms with Crippen LogP contribution < -0.4 is 16.2 Å². The van der Waals surface area contributed by atoms with E-state index in [-0.39, 0.29) is 13.2 Å². The summed E-state index contributed by atoms with van der Waals surface area (Å²) < 4.78 is 5.42. The van der Waals surface area contributed by atoms with Crippen LogP contribution in [0.15, 0.2) is 30.3 Å². The molecule has 0 spiro atoms. The number of para-hydroxylation sites is 1. The van der Waals surface area contributed by atoms with Crippen molar-refractivity contribution in [3.8, 4) is 5.75 Å². The highest BCUT2D eigenvalue weighted by atomic mass is 16.5. The van der Waals surface area contributed by atoms with Crippen LogP contribution in [0.5, 0.6) is 5.75 Å². The summed E-state index contributed by atoms with van der Waals surface area (Å²) in [6.07, 6.45) is 0. The van der Waals surface area contributed by atoms with Gasteiger partial charge in [0.15, 0.2) is 0 Å². The highest BCUT2D eigenvalue weighted by molar-refractivity contribution is 6.17. The van der Waals surface area contributed by atoms with Crippen LogP contribution >= 0.6 is 0 Å². The lowest BCUT2D eigenvalue weighted by Gasteiger charge is -2.10. The Morgan fingerprint density at radius 3 is 2.79 bits per heavy atom. The largest absolute Gasteiger partial charge is 0.489 e. The van der Waals surface area contributed by atoms with Crippen LogP contribution in [0.1, 0.15) is 0 Å². The number of nitrogens with two attached hydrogens (primary N) is 2. The number of aromatic amines is 1. The Kier molecular flexibility index (Phi) is 2.68. The van der Waals surface area contributed by atoms with Crippen molar-refractivity contribution in [3.05, 3.63) is 30.3 Å². The van der Waals surface area contributed by atoms with E-state index < -0.39 is 0 Å². The highest BCUT2D eigenvalue weighted by Gasteiger charge is 2.14. The smallest absolute Gasteiger partial charge is 0.145 e. The van der Waals surface area contributed by atoms with Gasteiger partial charge in [-0.3, -0.25) is 0 Å². The van der Waals surface area contributed by atoms with Gasteiger partial charge in [0.1, 0.15) is 12.4 Å². The molecule has 0 unspecified atom stereocenters. The number of hydrogen-bond acceptors (Lipinski definition) is 4. The molecule has 1 heterocycles. The normalized spacial score (nSPS) is 11.2. The van der Waals surface area contributed by atoms with Crippen molar-refractivity contribution in [1.82, 2.24) is 4.98 Å². The topological polar surface area (TPSA) is 97.3 Å². The predicted molar refractivity (Wildman–Crippen MR) is 77.2 cm³/mol. The number of nitrogen functional groups attached to an aromatic ring is 2. The predicted octanol–water partition coefficient (Wildman–Crippen LogP) is 1.86. The third kappa shape index (κ3) is 1.75. The van der Waals surface area contributed by atoms with E-state index in [1.807, 2.05) is 24.3 Å². The molecule has 5 heteroatoms. The van der Waals surface area contributed by atoms with Gasteiger partial charge in [0.05, 0.1) is 23.5 Å². The second-order valence-corrected chi connectivity index (χ2v) is 4.37. The van der Waals surface area contributed by atoms with Gasteiger partial charge in [0.2, 0.25) is 0 Å². The van der Waals surface area contributed by atoms with Gasteiger partial charge < -0.3 is 26.3 Å². The van der Waals surface area contributed by atoms with Gasteiger partial charge in [-0.1, -0.05) is 18.2 Å². The molecular weight excluding hydrogens is 242 g/mol. The minimum atomic E-state index is -0.0642. The zero-order valence-electron chi connectivity index (χ0n) is 10.3. The monoisotopic (exact) mass is 257 g/mol. The summed E-state index contributed by atoms with van der Waals surface area (Å²) in [6, 6.07) is 9.55. The van der Waals surface area contributed by atoms with E-state index in [4.69, 9.17) is 21.3 Å². The van der Waals surface area contributed by atoms with Gasteiger partial charge in [-0.25, -0.2) is 0 Å². The lowest BCUT2D eigenvalue weighted by atomic mass is 10.1. The quantitative estimate of drug-likeness (QED) is 0.538. The van der Waals surface area contributed by atoms with E-state index in [9.17, 15) is 0 Å². The molecule has 2 aromatic carbocycles. The van der Waals surface area contributed by atoms with Crippen molar-refractivity contribution in [2.24, 2.45) is 0 Å². The Morgan fingerprint density at radius 1 is 1.21 bits per heavy atom. The standard InChI is InChI=1S/C14H15N3O2/c15-9-7-11(19-6-5-18)13(16)12-8-3-1-2-4-10(8)17-14(9)12/h1-4,7,17-18H,5-6,15-16H2. The van der Waals surface area contributed by atoms with Gasteiger partial charge in [-0.2, -0.15) is 0 Å². The zero-order valence-corrected chi connectivity index (χ0v) is 10.3. The SMILES string of the molecule is Nc1cc(OCCO)c(N)c2c1[nH]c1ccccc12. The first-order chi connectivity index (χ1) is 9.22. The summed E-state index contributed by atoms with van der Waals surface area (Å²) in [6.45, 7) is 0.128. The van der Waals surface area contributed by atoms with Crippen LogP contribution in [0.4, 0.5) is 11.4 Å². The van der Waals surface area contributed by atoms with Crippen LogP contribution in [-0.4, -0.2) is 23.3 Å². The van der Waals surface area contributed by atoms with E-state index >= 15 is 0 Å². The second-order valence-electron chi connectivity index (χ2n) is 4.37. The molecule has 5 nitrogen and oxygen atoms in total. The molecular formula is C14H15N3O2. The number of nitrogens with one attached hydrogen (secondary N) is 1. The van der Waals surface area contributed by atoms with Crippen molar-refractivity contribution in [2.45, 2.75) is 0 Å². The molecule has 6 N–H and O–H groups in total. The third-order valence-electron chi connectivity index (χ3n) is 3.16. The van der Waals surface area contributed by atoms with Gasteiger partial charge in [0.25, 0.3) is 0 Å². The lowest BCUT2D eigenvalue weighted by Crippen LogP contribution is -2.05. The van der Waals surface area contributed by atoms with E-state index in [2.05, 4.69) is 4.98 Å². The number of rotatable bonds is 3. The Labute approximate surface area is 109 Å². The van der Waals surface area contributed by atoms with E-state index in [0.717, 1.165) is 21.8 Å². The number of fused-ring (bicyclic) bond motifs is 3. The maximum Gasteiger partial charge on any atom is 0.145 e. The van der Waals surface area contributed by atoms with Crippen molar-refractivity contribution in [2.75, 3.05) is 24.7 Å². The van der Waals surface area contributed by atoms with E-state index in [1.54, 1.807) is 6.07 Å². The maximum absolute atomic E-state index is 8.83. The summed E-state index contributed by atoms with van der Waals surface area (Å²) in [5.41, 5.74) is 15.1. The number of H-pyrrole nitrogens is 1. The number of aliphatic hydroxyl groups excluding tert-OH is 1. The highest BCUT2D eigenvalue weighted by Crippen LogP contribution is 2.39. The minimum absolute atomic E-state index is 0.0642. The summed E-state index contributed by atoms with van der Waals surface area (Å²) in [4.78, 5) is 3.26. The van der Waals surface area contributed by atoms with Crippen molar-refractivity contribution < 1.29 is 9.84 Å². The molecule has 19 heavy (non-hydrogen) atoms. The first-order valence-electron chi connectivity index (χ1n) is 6.04. The number of ether oxygens (including phenoxy) is 1. The third-order valence-corrected chi connectivity index (χ3v) is 3.16. The maximum atomic E-state index is 8.83. The van der Waals surface area contributed by atoms with Gasteiger partial charge >= 0.3 is 0 Å². The van der Waals surface area contributed by atoms with Crippen LogP contribution in [0.25, 0.3) is 21.8 Å². The molecule has 98 valence electrons. The average molecular weight is 257 g/mol. The summed E-state index contributed by atoms with van der Waals surface area (Å²) in [7, 11) is 0. The fourth-order valence-corrected chi connectivity index (χ4v) is 2.33. The lowest BCUT2D eigenvalue weighted by molar-refractivity contribution is 0.202.